The minimum absolute atomic E-state index is 0.119. The van der Waals surface area contributed by atoms with E-state index in [0.717, 1.165) is 21.0 Å². The number of benzene rings is 1. The average Bonchev–Trinajstić information content (AvgIpc) is 2.85. The average molecular weight is 331 g/mol. The van der Waals surface area contributed by atoms with E-state index in [1.54, 1.807) is 18.5 Å². The number of fused-ring (bicyclic) bond motifs is 1. The Labute approximate surface area is 123 Å². The maximum absolute atomic E-state index is 12.0. The molecule has 5 heteroatoms. The molecule has 100 valence electrons. The Hall–Kier alpha value is -2.14. The standard InChI is InChI=1S/C15H11BrN2O2/c16-11-5-6-14(17-8-11)18-15(19)7-10-9-20-13-4-2-1-3-12(10)13/h1-6,8-9H,7H2,(H,17,18,19). The van der Waals surface area contributed by atoms with Crippen LogP contribution >= 0.6 is 15.9 Å². The fourth-order valence-corrected chi connectivity index (χ4v) is 2.21. The van der Waals surface area contributed by atoms with E-state index in [0.29, 0.717) is 5.82 Å². The summed E-state index contributed by atoms with van der Waals surface area (Å²) in [6, 6.07) is 11.2. The summed E-state index contributed by atoms with van der Waals surface area (Å²) in [4.78, 5) is 16.1. The molecule has 0 fully saturated rings. The third-order valence-electron chi connectivity index (χ3n) is 2.91. The highest BCUT2D eigenvalue weighted by Gasteiger charge is 2.10. The predicted octanol–water partition coefficient (Wildman–Crippen LogP) is 3.77. The first-order valence-electron chi connectivity index (χ1n) is 6.09. The molecule has 0 atom stereocenters. The molecule has 1 N–H and O–H groups in total. The summed E-state index contributed by atoms with van der Waals surface area (Å²) in [6.45, 7) is 0. The number of amides is 1. The molecule has 3 rings (SSSR count). The van der Waals surface area contributed by atoms with Crippen LogP contribution in [0.4, 0.5) is 5.82 Å². The number of nitrogens with zero attached hydrogens (tertiary/aromatic N) is 1. The zero-order chi connectivity index (χ0) is 13.9. The third-order valence-corrected chi connectivity index (χ3v) is 3.38. The van der Waals surface area contributed by atoms with Crippen LogP contribution in [-0.2, 0) is 11.2 Å². The van der Waals surface area contributed by atoms with Gasteiger partial charge in [-0.05, 0) is 34.1 Å². The molecule has 0 aliphatic heterocycles. The summed E-state index contributed by atoms with van der Waals surface area (Å²) in [6.07, 6.45) is 3.52. The number of anilines is 1. The lowest BCUT2D eigenvalue weighted by Gasteiger charge is -2.03. The Bertz CT molecular complexity index is 750. The zero-order valence-electron chi connectivity index (χ0n) is 10.5. The summed E-state index contributed by atoms with van der Waals surface area (Å²) in [7, 11) is 0. The van der Waals surface area contributed by atoms with Crippen molar-refractivity contribution >= 4 is 38.6 Å². The van der Waals surface area contributed by atoms with E-state index >= 15 is 0 Å². The van der Waals surface area contributed by atoms with Gasteiger partial charge in [0.1, 0.15) is 11.4 Å². The van der Waals surface area contributed by atoms with Crippen molar-refractivity contribution in [2.24, 2.45) is 0 Å². The maximum Gasteiger partial charge on any atom is 0.230 e. The Balaban J connectivity index is 1.74. The molecule has 0 aliphatic carbocycles. The fourth-order valence-electron chi connectivity index (χ4n) is 1.98. The molecule has 2 aromatic heterocycles. The Morgan fingerprint density at radius 2 is 2.10 bits per heavy atom. The molecule has 4 nitrogen and oxygen atoms in total. The lowest BCUT2D eigenvalue weighted by molar-refractivity contribution is -0.115. The van der Waals surface area contributed by atoms with E-state index < -0.39 is 0 Å². The van der Waals surface area contributed by atoms with Gasteiger partial charge in [-0.1, -0.05) is 18.2 Å². The van der Waals surface area contributed by atoms with E-state index in [1.807, 2.05) is 30.3 Å². The van der Waals surface area contributed by atoms with Gasteiger partial charge >= 0.3 is 0 Å². The van der Waals surface area contributed by atoms with Crippen LogP contribution in [-0.4, -0.2) is 10.9 Å². The van der Waals surface area contributed by atoms with Crippen molar-refractivity contribution in [1.29, 1.82) is 0 Å². The molecule has 0 spiro atoms. The number of rotatable bonds is 3. The van der Waals surface area contributed by atoms with Crippen molar-refractivity contribution in [3.8, 4) is 0 Å². The van der Waals surface area contributed by atoms with Crippen molar-refractivity contribution in [2.45, 2.75) is 6.42 Å². The molecule has 0 bridgehead atoms. The van der Waals surface area contributed by atoms with Gasteiger partial charge < -0.3 is 9.73 Å². The van der Waals surface area contributed by atoms with Gasteiger partial charge in [-0.2, -0.15) is 0 Å². The first kappa shape index (κ1) is 12.9. The zero-order valence-corrected chi connectivity index (χ0v) is 12.1. The molecule has 1 amide bonds. The minimum atomic E-state index is -0.119. The van der Waals surface area contributed by atoms with Gasteiger partial charge in [0.05, 0.1) is 12.7 Å². The largest absolute Gasteiger partial charge is 0.464 e. The van der Waals surface area contributed by atoms with Crippen molar-refractivity contribution in [3.05, 3.63) is 58.9 Å². The van der Waals surface area contributed by atoms with E-state index in [2.05, 4.69) is 26.2 Å². The minimum Gasteiger partial charge on any atom is -0.464 e. The number of nitrogens with one attached hydrogen (secondary N) is 1. The van der Waals surface area contributed by atoms with Crippen molar-refractivity contribution in [3.63, 3.8) is 0 Å². The summed E-state index contributed by atoms with van der Waals surface area (Å²) >= 11 is 3.30. The van der Waals surface area contributed by atoms with Crippen LogP contribution in [0.25, 0.3) is 11.0 Å². The van der Waals surface area contributed by atoms with Crippen LogP contribution < -0.4 is 5.32 Å². The highest BCUT2D eigenvalue weighted by molar-refractivity contribution is 9.10. The molecule has 0 saturated carbocycles. The second-order valence-electron chi connectivity index (χ2n) is 4.34. The summed E-state index contributed by atoms with van der Waals surface area (Å²) < 4.78 is 6.29. The normalized spacial score (nSPS) is 10.7. The number of carbonyl (C=O) groups excluding carboxylic acids is 1. The fraction of sp³-hybridized carbons (Fsp3) is 0.0667. The number of halogens is 1. The molecule has 0 unspecified atom stereocenters. The second kappa shape index (κ2) is 5.46. The lowest BCUT2D eigenvalue weighted by Crippen LogP contribution is -2.14. The predicted molar refractivity (Wildman–Crippen MR) is 80.5 cm³/mol. The lowest BCUT2D eigenvalue weighted by atomic mass is 10.1. The van der Waals surface area contributed by atoms with Gasteiger partial charge in [0.15, 0.2) is 0 Å². The SMILES string of the molecule is O=C(Cc1coc2ccccc12)Nc1ccc(Br)cn1. The first-order valence-corrected chi connectivity index (χ1v) is 6.88. The maximum atomic E-state index is 12.0. The topological polar surface area (TPSA) is 55.1 Å². The van der Waals surface area contributed by atoms with Gasteiger partial charge in [0.25, 0.3) is 0 Å². The molecule has 0 saturated heterocycles. The number of pyridine rings is 1. The van der Waals surface area contributed by atoms with E-state index in [9.17, 15) is 4.79 Å². The summed E-state index contributed by atoms with van der Waals surface area (Å²) in [5.41, 5.74) is 1.66. The first-order chi connectivity index (χ1) is 9.72. The van der Waals surface area contributed by atoms with Gasteiger partial charge in [-0.15, -0.1) is 0 Å². The third kappa shape index (κ3) is 2.72. The molecule has 3 aromatic rings. The number of para-hydroxylation sites is 1. The van der Waals surface area contributed by atoms with E-state index in [1.165, 1.54) is 0 Å². The Morgan fingerprint density at radius 3 is 2.90 bits per heavy atom. The van der Waals surface area contributed by atoms with Crippen LogP contribution in [0.5, 0.6) is 0 Å². The molecular weight excluding hydrogens is 320 g/mol. The highest BCUT2D eigenvalue weighted by atomic mass is 79.9. The Kier molecular flexibility index (Phi) is 3.52. The molecule has 2 heterocycles. The molecule has 20 heavy (non-hydrogen) atoms. The smallest absolute Gasteiger partial charge is 0.230 e. The second-order valence-corrected chi connectivity index (χ2v) is 5.26. The number of aromatic nitrogens is 1. The van der Waals surface area contributed by atoms with Gasteiger partial charge in [-0.25, -0.2) is 4.98 Å². The number of hydrogen-bond acceptors (Lipinski definition) is 3. The summed E-state index contributed by atoms with van der Waals surface area (Å²) in [5, 5.41) is 3.72. The number of hydrogen-bond donors (Lipinski definition) is 1. The van der Waals surface area contributed by atoms with Gasteiger partial charge in [-0.3, -0.25) is 4.79 Å². The highest BCUT2D eigenvalue weighted by Crippen LogP contribution is 2.21. The van der Waals surface area contributed by atoms with Crippen molar-refractivity contribution in [2.75, 3.05) is 5.32 Å². The van der Waals surface area contributed by atoms with Crippen LogP contribution in [0.1, 0.15) is 5.56 Å². The van der Waals surface area contributed by atoms with Crippen LogP contribution in [0.3, 0.4) is 0 Å². The number of carbonyl (C=O) groups is 1. The van der Waals surface area contributed by atoms with Crippen molar-refractivity contribution in [1.82, 2.24) is 4.98 Å². The van der Waals surface area contributed by atoms with E-state index in [4.69, 9.17) is 4.42 Å². The van der Waals surface area contributed by atoms with Crippen LogP contribution in [0, 0.1) is 0 Å². The van der Waals surface area contributed by atoms with Gasteiger partial charge in [0.2, 0.25) is 5.91 Å². The number of furan rings is 1. The quantitative estimate of drug-likeness (QED) is 0.795. The summed E-state index contributed by atoms with van der Waals surface area (Å²) in [5.74, 6) is 0.414. The molecule has 0 radical (unpaired) electrons. The Morgan fingerprint density at radius 1 is 1.25 bits per heavy atom. The van der Waals surface area contributed by atoms with Crippen LogP contribution in [0.2, 0.25) is 0 Å². The van der Waals surface area contributed by atoms with Crippen molar-refractivity contribution < 1.29 is 9.21 Å². The monoisotopic (exact) mass is 330 g/mol. The van der Waals surface area contributed by atoms with E-state index in [-0.39, 0.29) is 12.3 Å². The molecule has 0 aliphatic rings. The van der Waals surface area contributed by atoms with Crippen LogP contribution in [0.15, 0.2) is 57.7 Å². The molecule has 1 aromatic carbocycles. The van der Waals surface area contributed by atoms with Gasteiger partial charge in [0, 0.05) is 21.6 Å². The molecular formula is C15H11BrN2O2.